The van der Waals surface area contributed by atoms with Gasteiger partial charge >= 0.3 is 0 Å². The molecular weight excluding hydrogens is 493 g/mol. The summed E-state index contributed by atoms with van der Waals surface area (Å²) in [5.74, 6) is 0.806. The van der Waals surface area contributed by atoms with Gasteiger partial charge in [-0.15, -0.1) is 0 Å². The van der Waals surface area contributed by atoms with Crippen LogP contribution in [0.2, 0.25) is 5.02 Å². The average Bonchev–Trinajstić information content (AvgIpc) is 3.29. The first-order valence-electron chi connectivity index (χ1n) is 12.5. The fourth-order valence-corrected chi connectivity index (χ4v) is 4.70. The number of aromatic nitrogens is 4. The number of rotatable bonds is 9. The molecule has 0 saturated carbocycles. The molecule has 4 aromatic rings. The van der Waals surface area contributed by atoms with Crippen LogP contribution in [0, 0.1) is 5.82 Å². The number of anilines is 2. The number of hydrogen-bond donors (Lipinski definition) is 1. The van der Waals surface area contributed by atoms with Gasteiger partial charge in [0.1, 0.15) is 11.3 Å². The van der Waals surface area contributed by atoms with Gasteiger partial charge in [0.25, 0.3) is 0 Å². The van der Waals surface area contributed by atoms with Gasteiger partial charge in [-0.05, 0) is 43.3 Å². The standard InChI is InChI=1S/C27H31ClFN7O/c1-3-37-15-14-35-10-12-36(13-11-35)22-8-5-19(6-9-22)25-32-26(24-27(33-25)31-18-34(24)2)30-17-20-4-7-21(28)16-23(20)29/h4-9,16,18H,3,10-15,17H2,1-2H3,(H,30,32,33). The number of piperazine rings is 1. The van der Waals surface area contributed by atoms with E-state index in [9.17, 15) is 4.39 Å². The van der Waals surface area contributed by atoms with E-state index in [0.717, 1.165) is 57.0 Å². The Morgan fingerprint density at radius 1 is 1.05 bits per heavy atom. The van der Waals surface area contributed by atoms with Gasteiger partial charge < -0.3 is 19.5 Å². The lowest BCUT2D eigenvalue weighted by Crippen LogP contribution is -2.47. The second kappa shape index (κ2) is 11.4. The topological polar surface area (TPSA) is 71.3 Å². The van der Waals surface area contributed by atoms with Gasteiger partial charge in [0, 0.05) is 74.8 Å². The first-order chi connectivity index (χ1) is 18.0. The van der Waals surface area contributed by atoms with Crippen molar-refractivity contribution >= 4 is 34.3 Å². The van der Waals surface area contributed by atoms with Crippen LogP contribution in [0.5, 0.6) is 0 Å². The van der Waals surface area contributed by atoms with E-state index in [1.165, 1.54) is 11.8 Å². The van der Waals surface area contributed by atoms with Gasteiger partial charge in [0.2, 0.25) is 0 Å². The smallest absolute Gasteiger partial charge is 0.183 e. The Labute approximate surface area is 221 Å². The van der Waals surface area contributed by atoms with Crippen molar-refractivity contribution in [2.45, 2.75) is 13.5 Å². The number of aryl methyl sites for hydroxylation is 1. The Hall–Kier alpha value is -3.27. The minimum Gasteiger partial charge on any atom is -0.380 e. The van der Waals surface area contributed by atoms with E-state index in [2.05, 4.69) is 32.2 Å². The first-order valence-corrected chi connectivity index (χ1v) is 12.9. The van der Waals surface area contributed by atoms with E-state index in [1.807, 2.05) is 30.7 Å². The van der Waals surface area contributed by atoms with Crippen molar-refractivity contribution in [3.63, 3.8) is 0 Å². The molecule has 2 aromatic heterocycles. The predicted octanol–water partition coefficient (Wildman–Crippen LogP) is 4.59. The summed E-state index contributed by atoms with van der Waals surface area (Å²) >= 11 is 5.89. The maximum Gasteiger partial charge on any atom is 0.183 e. The number of nitrogens with zero attached hydrogens (tertiary/aromatic N) is 6. The predicted molar refractivity (Wildman–Crippen MR) is 146 cm³/mol. The van der Waals surface area contributed by atoms with E-state index in [-0.39, 0.29) is 12.4 Å². The van der Waals surface area contributed by atoms with Crippen LogP contribution in [0.4, 0.5) is 15.9 Å². The van der Waals surface area contributed by atoms with Crippen LogP contribution in [-0.4, -0.2) is 70.4 Å². The minimum atomic E-state index is -0.360. The van der Waals surface area contributed by atoms with E-state index >= 15 is 0 Å². The number of nitrogens with one attached hydrogen (secondary N) is 1. The molecule has 0 unspecified atom stereocenters. The number of imidazole rings is 1. The second-order valence-corrected chi connectivity index (χ2v) is 9.52. The third-order valence-electron chi connectivity index (χ3n) is 6.65. The Morgan fingerprint density at radius 2 is 1.84 bits per heavy atom. The number of hydrogen-bond acceptors (Lipinski definition) is 7. The van der Waals surface area contributed by atoms with Gasteiger partial charge in [-0.2, -0.15) is 0 Å². The molecular formula is C27H31ClFN7O. The highest BCUT2D eigenvalue weighted by molar-refractivity contribution is 6.30. The maximum atomic E-state index is 14.3. The molecule has 10 heteroatoms. The molecule has 1 saturated heterocycles. The van der Waals surface area contributed by atoms with Gasteiger partial charge in [-0.1, -0.05) is 17.7 Å². The largest absolute Gasteiger partial charge is 0.380 e. The van der Waals surface area contributed by atoms with Crippen molar-refractivity contribution in [1.29, 1.82) is 0 Å². The lowest BCUT2D eigenvalue weighted by atomic mass is 10.1. The fourth-order valence-electron chi connectivity index (χ4n) is 4.54. The number of benzene rings is 2. The highest BCUT2D eigenvalue weighted by Gasteiger charge is 2.18. The van der Waals surface area contributed by atoms with Crippen molar-refractivity contribution in [3.05, 3.63) is 65.2 Å². The third-order valence-corrected chi connectivity index (χ3v) is 6.89. The highest BCUT2D eigenvalue weighted by atomic mass is 35.5. The number of halogens is 2. The van der Waals surface area contributed by atoms with Crippen LogP contribution >= 0.6 is 11.6 Å². The lowest BCUT2D eigenvalue weighted by Gasteiger charge is -2.36. The molecule has 1 aliphatic rings. The zero-order chi connectivity index (χ0) is 25.8. The molecule has 1 aliphatic heterocycles. The van der Waals surface area contributed by atoms with E-state index in [0.29, 0.717) is 27.9 Å². The van der Waals surface area contributed by atoms with Crippen molar-refractivity contribution < 1.29 is 9.13 Å². The summed E-state index contributed by atoms with van der Waals surface area (Å²) in [5, 5.41) is 3.64. The molecule has 0 amide bonds. The van der Waals surface area contributed by atoms with Gasteiger partial charge in [-0.3, -0.25) is 4.90 Å². The summed E-state index contributed by atoms with van der Waals surface area (Å²) in [7, 11) is 1.89. The molecule has 0 atom stereocenters. The van der Waals surface area contributed by atoms with Crippen LogP contribution in [0.1, 0.15) is 12.5 Å². The quantitative estimate of drug-likeness (QED) is 0.322. The normalized spacial score (nSPS) is 14.4. The van der Waals surface area contributed by atoms with Crippen molar-refractivity contribution in [2.75, 3.05) is 56.2 Å². The summed E-state index contributed by atoms with van der Waals surface area (Å²) in [6.45, 7) is 8.84. The summed E-state index contributed by atoms with van der Waals surface area (Å²) in [5.41, 5.74) is 3.93. The molecule has 8 nitrogen and oxygen atoms in total. The molecule has 2 aromatic carbocycles. The molecule has 0 spiro atoms. The molecule has 0 radical (unpaired) electrons. The van der Waals surface area contributed by atoms with Crippen LogP contribution in [-0.2, 0) is 18.3 Å². The monoisotopic (exact) mass is 523 g/mol. The van der Waals surface area contributed by atoms with Gasteiger partial charge in [0.05, 0.1) is 12.9 Å². The number of fused-ring (bicyclic) bond motifs is 1. The van der Waals surface area contributed by atoms with Gasteiger partial charge in [-0.25, -0.2) is 19.3 Å². The van der Waals surface area contributed by atoms with Crippen LogP contribution in [0.25, 0.3) is 22.6 Å². The molecule has 5 rings (SSSR count). The Morgan fingerprint density at radius 3 is 2.57 bits per heavy atom. The summed E-state index contributed by atoms with van der Waals surface area (Å²) in [6, 6.07) is 13.0. The maximum absolute atomic E-state index is 14.3. The van der Waals surface area contributed by atoms with Crippen LogP contribution in [0.15, 0.2) is 48.8 Å². The summed E-state index contributed by atoms with van der Waals surface area (Å²) in [4.78, 5) is 18.8. The molecule has 1 fully saturated rings. The zero-order valence-corrected chi connectivity index (χ0v) is 21.9. The molecule has 1 N–H and O–H groups in total. The summed E-state index contributed by atoms with van der Waals surface area (Å²) < 4.78 is 21.7. The minimum absolute atomic E-state index is 0.259. The second-order valence-electron chi connectivity index (χ2n) is 9.09. The highest BCUT2D eigenvalue weighted by Crippen LogP contribution is 2.27. The Balaban J connectivity index is 1.31. The fraction of sp³-hybridized carbons (Fsp3) is 0.370. The molecule has 0 bridgehead atoms. The Kier molecular flexibility index (Phi) is 7.83. The van der Waals surface area contributed by atoms with Gasteiger partial charge in [0.15, 0.2) is 17.3 Å². The average molecular weight is 524 g/mol. The van der Waals surface area contributed by atoms with Crippen molar-refractivity contribution in [2.24, 2.45) is 7.05 Å². The van der Waals surface area contributed by atoms with E-state index in [4.69, 9.17) is 26.3 Å². The van der Waals surface area contributed by atoms with Crippen LogP contribution < -0.4 is 10.2 Å². The van der Waals surface area contributed by atoms with Crippen molar-refractivity contribution in [3.8, 4) is 11.4 Å². The molecule has 37 heavy (non-hydrogen) atoms. The summed E-state index contributed by atoms with van der Waals surface area (Å²) in [6.07, 6.45) is 1.70. The first kappa shape index (κ1) is 25.4. The Bertz CT molecular complexity index is 1350. The van der Waals surface area contributed by atoms with E-state index < -0.39 is 0 Å². The molecule has 3 heterocycles. The number of ether oxygens (including phenoxy) is 1. The van der Waals surface area contributed by atoms with E-state index in [1.54, 1.807) is 18.5 Å². The molecule has 0 aliphatic carbocycles. The zero-order valence-electron chi connectivity index (χ0n) is 21.1. The molecule has 194 valence electrons. The SMILES string of the molecule is CCOCCN1CCN(c2ccc(-c3nc(NCc4ccc(Cl)cc4F)c4c(ncn4C)n3)cc2)CC1. The van der Waals surface area contributed by atoms with Crippen LogP contribution in [0.3, 0.4) is 0 Å². The third kappa shape index (κ3) is 5.84. The lowest BCUT2D eigenvalue weighted by molar-refractivity contribution is 0.111. The van der Waals surface area contributed by atoms with Crippen molar-refractivity contribution in [1.82, 2.24) is 24.4 Å².